The first-order valence-corrected chi connectivity index (χ1v) is 9.23. The molecule has 0 saturated carbocycles. The lowest BCUT2D eigenvalue weighted by atomic mass is 10.1. The van der Waals surface area contributed by atoms with Crippen molar-refractivity contribution in [2.75, 3.05) is 31.6 Å². The monoisotopic (exact) mass is 440 g/mol. The summed E-state index contributed by atoms with van der Waals surface area (Å²) in [6, 6.07) is 8.87. The number of nitrogens with zero attached hydrogens (tertiary/aromatic N) is 1. The van der Waals surface area contributed by atoms with Crippen LogP contribution in [0.1, 0.15) is 5.56 Å². The van der Waals surface area contributed by atoms with Gasteiger partial charge in [-0.1, -0.05) is 12.1 Å². The van der Waals surface area contributed by atoms with Gasteiger partial charge in [0, 0.05) is 19.2 Å². The Morgan fingerprint density at radius 1 is 1.13 bits per heavy atom. The van der Waals surface area contributed by atoms with Crippen LogP contribution in [0.4, 0.5) is 29.3 Å². The smallest absolute Gasteiger partial charge is 0.416 e. The number of nitro groups is 1. The molecule has 2 aromatic rings. The van der Waals surface area contributed by atoms with Crippen LogP contribution in [-0.2, 0) is 6.18 Å². The number of para-hydroxylation sites is 2. The summed E-state index contributed by atoms with van der Waals surface area (Å²) < 4.78 is 49.4. The number of benzene rings is 2. The Labute approximate surface area is 174 Å². The number of anilines is 1. The normalized spacial score (nSPS) is 15.1. The highest BCUT2D eigenvalue weighted by Crippen LogP contribution is 2.35. The molecular weight excluding hydrogens is 421 g/mol. The standard InChI is InChI=1S/C19H19F3N4O5/c20-19(21,22)12-5-6-14(15(9-12)26(28)29)23-7-8-24-18(27)25-10-13-11-30-16-3-1-2-4-17(16)31-13/h1-6,9,13,23H,7-8,10-11H2,(H2,24,25,27). The first kappa shape index (κ1) is 22.0. The molecule has 0 fully saturated rings. The summed E-state index contributed by atoms with van der Waals surface area (Å²) in [5.41, 5.74) is -1.89. The minimum Gasteiger partial charge on any atom is -0.486 e. The molecule has 1 unspecified atom stereocenters. The number of urea groups is 1. The molecule has 0 spiro atoms. The summed E-state index contributed by atoms with van der Waals surface area (Å²) in [7, 11) is 0. The number of hydrogen-bond acceptors (Lipinski definition) is 6. The maximum atomic E-state index is 12.7. The molecule has 1 atom stereocenters. The first-order valence-electron chi connectivity index (χ1n) is 9.23. The molecule has 2 amide bonds. The number of amides is 2. The highest BCUT2D eigenvalue weighted by atomic mass is 19.4. The molecule has 1 heterocycles. The zero-order valence-corrected chi connectivity index (χ0v) is 16.1. The summed E-state index contributed by atoms with van der Waals surface area (Å²) in [5.74, 6) is 1.22. The van der Waals surface area contributed by atoms with E-state index >= 15 is 0 Å². The van der Waals surface area contributed by atoms with Gasteiger partial charge >= 0.3 is 12.2 Å². The van der Waals surface area contributed by atoms with E-state index in [0.717, 1.165) is 12.1 Å². The number of rotatable bonds is 7. The van der Waals surface area contributed by atoms with Gasteiger partial charge in [-0.15, -0.1) is 0 Å². The Hall–Kier alpha value is -3.70. The van der Waals surface area contributed by atoms with Crippen molar-refractivity contribution < 1.29 is 32.4 Å². The van der Waals surface area contributed by atoms with Crippen molar-refractivity contribution in [1.82, 2.24) is 10.6 Å². The lowest BCUT2D eigenvalue weighted by molar-refractivity contribution is -0.384. The van der Waals surface area contributed by atoms with Crippen LogP contribution in [0, 0.1) is 10.1 Å². The van der Waals surface area contributed by atoms with Crippen LogP contribution in [0.3, 0.4) is 0 Å². The Balaban J connectivity index is 1.42. The van der Waals surface area contributed by atoms with E-state index in [1.54, 1.807) is 18.2 Å². The minimum atomic E-state index is -4.68. The quantitative estimate of drug-likeness (QED) is 0.346. The molecule has 31 heavy (non-hydrogen) atoms. The van der Waals surface area contributed by atoms with Crippen molar-refractivity contribution in [3.05, 3.63) is 58.1 Å². The fourth-order valence-electron chi connectivity index (χ4n) is 2.81. The second-order valence-electron chi connectivity index (χ2n) is 6.55. The van der Waals surface area contributed by atoms with Gasteiger partial charge in [0.05, 0.1) is 17.0 Å². The number of carbonyl (C=O) groups is 1. The predicted octanol–water partition coefficient (Wildman–Crippen LogP) is 3.16. The number of ether oxygens (including phenoxy) is 2. The Morgan fingerprint density at radius 3 is 2.58 bits per heavy atom. The Kier molecular flexibility index (Phi) is 6.68. The SMILES string of the molecule is O=C(NCCNc1ccc(C(F)(F)F)cc1[N+](=O)[O-])NCC1COc2ccccc2O1. The molecule has 12 heteroatoms. The van der Waals surface area contributed by atoms with Crippen molar-refractivity contribution in [2.45, 2.75) is 12.3 Å². The summed E-state index contributed by atoms with van der Waals surface area (Å²) in [6.45, 7) is 0.610. The fraction of sp³-hybridized carbons (Fsp3) is 0.316. The number of nitrogens with one attached hydrogen (secondary N) is 3. The second kappa shape index (κ2) is 9.41. The third-order valence-electron chi connectivity index (χ3n) is 4.31. The second-order valence-corrected chi connectivity index (χ2v) is 6.55. The van der Waals surface area contributed by atoms with Crippen LogP contribution in [0.15, 0.2) is 42.5 Å². The van der Waals surface area contributed by atoms with Crippen molar-refractivity contribution >= 4 is 17.4 Å². The molecule has 0 radical (unpaired) electrons. The van der Waals surface area contributed by atoms with E-state index in [0.29, 0.717) is 17.6 Å². The maximum absolute atomic E-state index is 12.7. The van der Waals surface area contributed by atoms with Gasteiger partial charge in [0.2, 0.25) is 0 Å². The van der Waals surface area contributed by atoms with Gasteiger partial charge in [0.25, 0.3) is 5.69 Å². The molecule has 3 rings (SSSR count). The van der Waals surface area contributed by atoms with Gasteiger partial charge in [0.15, 0.2) is 17.6 Å². The number of halogens is 3. The maximum Gasteiger partial charge on any atom is 0.416 e. The van der Waals surface area contributed by atoms with Crippen LogP contribution in [0.25, 0.3) is 0 Å². The van der Waals surface area contributed by atoms with Gasteiger partial charge in [-0.05, 0) is 24.3 Å². The molecule has 0 bridgehead atoms. The zero-order chi connectivity index (χ0) is 22.4. The Bertz CT molecular complexity index is 954. The van der Waals surface area contributed by atoms with E-state index < -0.39 is 28.4 Å². The van der Waals surface area contributed by atoms with Crippen LogP contribution >= 0.6 is 0 Å². The molecule has 9 nitrogen and oxygen atoms in total. The summed E-state index contributed by atoms with van der Waals surface area (Å²) in [4.78, 5) is 22.0. The Morgan fingerprint density at radius 2 is 1.87 bits per heavy atom. The molecule has 0 aliphatic carbocycles. The average Bonchev–Trinajstić information content (AvgIpc) is 2.74. The number of fused-ring (bicyclic) bond motifs is 1. The van der Waals surface area contributed by atoms with E-state index in [1.807, 2.05) is 6.07 Å². The van der Waals surface area contributed by atoms with Gasteiger partial charge in [-0.2, -0.15) is 13.2 Å². The van der Waals surface area contributed by atoms with Gasteiger partial charge in [-0.3, -0.25) is 10.1 Å². The van der Waals surface area contributed by atoms with Crippen LogP contribution in [0.5, 0.6) is 11.5 Å². The molecule has 3 N–H and O–H groups in total. The predicted molar refractivity (Wildman–Crippen MR) is 104 cm³/mol. The van der Waals surface area contributed by atoms with Gasteiger partial charge in [0.1, 0.15) is 12.3 Å². The molecular formula is C19H19F3N4O5. The minimum absolute atomic E-state index is 0.0655. The van der Waals surface area contributed by atoms with Gasteiger partial charge < -0.3 is 25.4 Å². The number of nitro benzene ring substituents is 1. The average molecular weight is 440 g/mol. The summed E-state index contributed by atoms with van der Waals surface area (Å²) in [5, 5.41) is 18.9. The van der Waals surface area contributed by atoms with Crippen LogP contribution in [-0.4, -0.2) is 43.3 Å². The molecule has 0 aromatic heterocycles. The number of carbonyl (C=O) groups excluding carboxylic acids is 1. The van der Waals surface area contributed by atoms with Crippen molar-refractivity contribution in [2.24, 2.45) is 0 Å². The summed E-state index contributed by atoms with van der Waals surface area (Å²) >= 11 is 0. The first-order chi connectivity index (χ1) is 14.7. The molecule has 0 saturated heterocycles. The highest BCUT2D eigenvalue weighted by Gasteiger charge is 2.33. The molecule has 1 aliphatic rings. The molecule has 166 valence electrons. The van der Waals surface area contributed by atoms with E-state index in [2.05, 4.69) is 16.0 Å². The summed E-state index contributed by atoms with van der Waals surface area (Å²) in [6.07, 6.45) is -5.05. The van der Waals surface area contributed by atoms with Crippen molar-refractivity contribution in [3.63, 3.8) is 0 Å². The van der Waals surface area contributed by atoms with E-state index in [9.17, 15) is 28.1 Å². The molecule has 2 aromatic carbocycles. The largest absolute Gasteiger partial charge is 0.486 e. The zero-order valence-electron chi connectivity index (χ0n) is 16.1. The van der Waals surface area contributed by atoms with Crippen molar-refractivity contribution in [3.8, 4) is 11.5 Å². The van der Waals surface area contributed by atoms with E-state index in [4.69, 9.17) is 9.47 Å². The van der Waals surface area contributed by atoms with Gasteiger partial charge in [-0.25, -0.2) is 4.79 Å². The van der Waals surface area contributed by atoms with Crippen LogP contribution < -0.4 is 25.4 Å². The number of hydrogen-bond donors (Lipinski definition) is 3. The molecule has 1 aliphatic heterocycles. The third kappa shape index (κ3) is 5.90. The highest BCUT2D eigenvalue weighted by molar-refractivity contribution is 5.74. The van der Waals surface area contributed by atoms with Crippen LogP contribution in [0.2, 0.25) is 0 Å². The fourth-order valence-corrected chi connectivity index (χ4v) is 2.81. The lowest BCUT2D eigenvalue weighted by Crippen LogP contribution is -2.45. The van der Waals surface area contributed by atoms with E-state index in [1.165, 1.54) is 0 Å². The lowest BCUT2D eigenvalue weighted by Gasteiger charge is -2.26. The number of alkyl halides is 3. The van der Waals surface area contributed by atoms with Crippen molar-refractivity contribution in [1.29, 1.82) is 0 Å². The third-order valence-corrected chi connectivity index (χ3v) is 4.31. The topological polar surface area (TPSA) is 115 Å². The van der Waals surface area contributed by atoms with E-state index in [-0.39, 0.29) is 38.0 Å².